The summed E-state index contributed by atoms with van der Waals surface area (Å²) in [5.41, 5.74) is 2.16. The van der Waals surface area contributed by atoms with E-state index < -0.39 is 0 Å². The third-order valence-electron chi connectivity index (χ3n) is 6.61. The van der Waals surface area contributed by atoms with Gasteiger partial charge in [-0.05, 0) is 50.0 Å². The summed E-state index contributed by atoms with van der Waals surface area (Å²) in [6.45, 7) is 4.39. The number of nitrogens with one attached hydrogen (secondary N) is 2. The highest BCUT2D eigenvalue weighted by atomic mass is 16.3. The first kappa shape index (κ1) is 20.7. The quantitative estimate of drug-likeness (QED) is 0.681. The molecule has 7 heteroatoms. The van der Waals surface area contributed by atoms with Gasteiger partial charge < -0.3 is 20.6 Å². The molecule has 4 atom stereocenters. The molecule has 162 valence electrons. The fraction of sp³-hybridized carbons (Fsp3) is 0.565. The van der Waals surface area contributed by atoms with Gasteiger partial charge in [-0.25, -0.2) is 4.79 Å². The van der Waals surface area contributed by atoms with E-state index in [0.717, 1.165) is 50.0 Å². The number of likely N-dealkylation sites (tertiary alicyclic amines) is 1. The molecule has 0 radical (unpaired) electrons. The van der Waals surface area contributed by atoms with Crippen molar-refractivity contribution in [3.63, 3.8) is 0 Å². The van der Waals surface area contributed by atoms with Crippen LogP contribution in [0.1, 0.15) is 44.2 Å². The van der Waals surface area contributed by atoms with Crippen LogP contribution in [-0.2, 0) is 6.54 Å². The normalized spacial score (nSPS) is 24.7. The average Bonchev–Trinajstić information content (AvgIpc) is 3.33. The fourth-order valence-electron chi connectivity index (χ4n) is 4.88. The molecule has 3 N–H and O–H groups in total. The third kappa shape index (κ3) is 4.95. The molecule has 1 aromatic heterocycles. The van der Waals surface area contributed by atoms with Gasteiger partial charge in [-0.2, -0.15) is 5.10 Å². The molecule has 1 aliphatic heterocycles. The number of amides is 2. The summed E-state index contributed by atoms with van der Waals surface area (Å²) >= 11 is 0. The second kappa shape index (κ2) is 9.51. The van der Waals surface area contributed by atoms with E-state index in [1.807, 2.05) is 42.4 Å². The van der Waals surface area contributed by atoms with E-state index in [9.17, 15) is 4.79 Å². The van der Waals surface area contributed by atoms with E-state index in [1.165, 1.54) is 0 Å². The summed E-state index contributed by atoms with van der Waals surface area (Å²) in [6.07, 6.45) is 8.31. The first-order valence-corrected chi connectivity index (χ1v) is 11.1. The number of rotatable bonds is 6. The molecule has 1 aliphatic carbocycles. The number of hydrogen-bond acceptors (Lipinski definition) is 4. The summed E-state index contributed by atoms with van der Waals surface area (Å²) < 4.78 is 1.76. The first-order chi connectivity index (χ1) is 14.6. The highest BCUT2D eigenvalue weighted by Gasteiger charge is 2.37. The summed E-state index contributed by atoms with van der Waals surface area (Å²) in [4.78, 5) is 14.8. The average molecular weight is 412 g/mol. The summed E-state index contributed by atoms with van der Waals surface area (Å²) in [5.74, 6) is 1.18. The van der Waals surface area contributed by atoms with Crippen molar-refractivity contribution in [1.29, 1.82) is 0 Å². The molecule has 4 rings (SSSR count). The Hall–Kier alpha value is -2.54. The van der Waals surface area contributed by atoms with Gasteiger partial charge in [0.2, 0.25) is 0 Å². The zero-order valence-electron chi connectivity index (χ0n) is 17.7. The van der Waals surface area contributed by atoms with Crippen LogP contribution in [0, 0.1) is 11.8 Å². The van der Waals surface area contributed by atoms with Gasteiger partial charge in [0.15, 0.2) is 0 Å². The molecular weight excluding hydrogens is 378 g/mol. The van der Waals surface area contributed by atoms with E-state index >= 15 is 0 Å². The zero-order valence-corrected chi connectivity index (χ0v) is 17.7. The van der Waals surface area contributed by atoms with Gasteiger partial charge in [-0.1, -0.05) is 30.3 Å². The van der Waals surface area contributed by atoms with Gasteiger partial charge in [-0.15, -0.1) is 0 Å². The number of aliphatic hydroxyl groups excluding tert-OH is 1. The van der Waals surface area contributed by atoms with Crippen molar-refractivity contribution in [3.05, 3.63) is 48.3 Å². The van der Waals surface area contributed by atoms with Crippen LogP contribution < -0.4 is 10.6 Å². The van der Waals surface area contributed by atoms with E-state index in [0.29, 0.717) is 24.4 Å². The Kier molecular flexibility index (Phi) is 6.57. The molecule has 30 heavy (non-hydrogen) atoms. The van der Waals surface area contributed by atoms with Crippen LogP contribution in [0.3, 0.4) is 0 Å². The number of carbonyl (C=O) groups excluding carboxylic acids is 1. The Morgan fingerprint density at radius 1 is 1.17 bits per heavy atom. The number of hydrogen-bond donors (Lipinski definition) is 3. The van der Waals surface area contributed by atoms with Crippen LogP contribution in [0.4, 0.5) is 10.5 Å². The molecular formula is C23H33N5O2. The van der Waals surface area contributed by atoms with Crippen molar-refractivity contribution < 1.29 is 9.90 Å². The molecule has 2 aliphatic rings. The second-order valence-electron chi connectivity index (χ2n) is 8.72. The SMILES string of the molecule is C[C@H](NC(=O)N1CC2CCC(Nc3cnn(CCO)c3)CC[C@@H]2C1)c1ccccc1. The molecule has 7 nitrogen and oxygen atoms in total. The highest BCUT2D eigenvalue weighted by Crippen LogP contribution is 2.36. The summed E-state index contributed by atoms with van der Waals surface area (Å²) in [7, 11) is 0. The number of aromatic nitrogens is 2. The predicted octanol–water partition coefficient (Wildman–Crippen LogP) is 3.25. The van der Waals surface area contributed by atoms with E-state index in [1.54, 1.807) is 4.68 Å². The number of benzene rings is 1. The number of urea groups is 1. The van der Waals surface area contributed by atoms with Crippen molar-refractivity contribution in [2.24, 2.45) is 11.8 Å². The Morgan fingerprint density at radius 2 is 1.87 bits per heavy atom. The third-order valence-corrected chi connectivity index (χ3v) is 6.61. The van der Waals surface area contributed by atoms with Crippen LogP contribution in [0.2, 0.25) is 0 Å². The molecule has 1 saturated heterocycles. The van der Waals surface area contributed by atoms with Gasteiger partial charge in [0.1, 0.15) is 0 Å². The van der Waals surface area contributed by atoms with E-state index in [-0.39, 0.29) is 18.7 Å². The van der Waals surface area contributed by atoms with Gasteiger partial charge in [-0.3, -0.25) is 4.68 Å². The Morgan fingerprint density at radius 3 is 2.53 bits per heavy atom. The van der Waals surface area contributed by atoms with Gasteiger partial charge in [0, 0.05) is 25.3 Å². The lowest BCUT2D eigenvalue weighted by atomic mass is 9.92. The van der Waals surface area contributed by atoms with Crippen molar-refractivity contribution in [2.45, 2.75) is 51.2 Å². The standard InChI is InChI=1S/C23H33N5O2/c1-17(18-5-3-2-4-6-18)25-23(30)27-14-19-7-9-21(10-8-20(19)15-27)26-22-13-24-28(16-22)11-12-29/h2-6,13,16-17,19-21,26,29H,7-12,14-15H2,1H3,(H,25,30)/t17-,19+,20?,21?/m0/s1. The summed E-state index contributed by atoms with van der Waals surface area (Å²) in [6, 6.07) is 10.6. The van der Waals surface area contributed by atoms with E-state index in [4.69, 9.17) is 5.11 Å². The first-order valence-electron chi connectivity index (χ1n) is 11.1. The smallest absolute Gasteiger partial charge is 0.317 e. The lowest BCUT2D eigenvalue weighted by molar-refractivity contribution is 0.202. The number of anilines is 1. The molecule has 2 aromatic rings. The minimum absolute atomic E-state index is 0.0180. The molecule has 0 spiro atoms. The number of aliphatic hydroxyl groups is 1. The van der Waals surface area contributed by atoms with Gasteiger partial charge >= 0.3 is 6.03 Å². The van der Waals surface area contributed by atoms with Gasteiger partial charge in [0.05, 0.1) is 31.1 Å². The Bertz CT molecular complexity index is 808. The summed E-state index contributed by atoms with van der Waals surface area (Å²) in [5, 5.41) is 20.1. The van der Waals surface area contributed by atoms with Gasteiger partial charge in [0.25, 0.3) is 0 Å². The molecule has 1 saturated carbocycles. The Balaban J connectivity index is 1.26. The van der Waals surface area contributed by atoms with Crippen LogP contribution in [0.25, 0.3) is 0 Å². The number of fused-ring (bicyclic) bond motifs is 1. The largest absolute Gasteiger partial charge is 0.394 e. The van der Waals surface area contributed by atoms with Crippen LogP contribution >= 0.6 is 0 Å². The van der Waals surface area contributed by atoms with Crippen LogP contribution in [0.5, 0.6) is 0 Å². The van der Waals surface area contributed by atoms with Crippen LogP contribution in [-0.4, -0.2) is 51.6 Å². The fourth-order valence-corrected chi connectivity index (χ4v) is 4.88. The molecule has 2 unspecified atom stereocenters. The maximum atomic E-state index is 12.8. The molecule has 2 fully saturated rings. The minimum atomic E-state index is 0.0180. The minimum Gasteiger partial charge on any atom is -0.394 e. The van der Waals surface area contributed by atoms with Crippen molar-refractivity contribution >= 4 is 11.7 Å². The van der Waals surface area contributed by atoms with Crippen molar-refractivity contribution in [1.82, 2.24) is 20.0 Å². The topological polar surface area (TPSA) is 82.4 Å². The number of nitrogens with zero attached hydrogens (tertiary/aromatic N) is 3. The Labute approximate surface area is 178 Å². The lowest BCUT2D eigenvalue weighted by Crippen LogP contribution is -2.40. The maximum Gasteiger partial charge on any atom is 0.317 e. The molecule has 2 heterocycles. The lowest BCUT2D eigenvalue weighted by Gasteiger charge is -2.22. The van der Waals surface area contributed by atoms with Crippen molar-refractivity contribution in [3.8, 4) is 0 Å². The maximum absolute atomic E-state index is 12.8. The number of carbonyl (C=O) groups is 1. The zero-order chi connectivity index (χ0) is 20.9. The van der Waals surface area contributed by atoms with Crippen molar-refractivity contribution in [2.75, 3.05) is 25.0 Å². The van der Waals surface area contributed by atoms with Crippen LogP contribution in [0.15, 0.2) is 42.7 Å². The molecule has 1 aromatic carbocycles. The molecule has 0 bridgehead atoms. The predicted molar refractivity (Wildman–Crippen MR) is 117 cm³/mol. The highest BCUT2D eigenvalue weighted by molar-refractivity contribution is 5.75. The second-order valence-corrected chi connectivity index (χ2v) is 8.72. The van der Waals surface area contributed by atoms with E-state index in [2.05, 4.69) is 27.9 Å². The molecule has 2 amide bonds. The monoisotopic (exact) mass is 411 g/mol.